The van der Waals surface area contributed by atoms with Crippen molar-refractivity contribution in [2.45, 2.75) is 33.1 Å². The fourth-order valence-corrected chi connectivity index (χ4v) is 1.07. The summed E-state index contributed by atoms with van der Waals surface area (Å²) in [6.07, 6.45) is 1.75. The van der Waals surface area contributed by atoms with E-state index in [1.165, 1.54) is 0 Å². The summed E-state index contributed by atoms with van der Waals surface area (Å²) in [7, 11) is 0. The first-order valence-electron chi connectivity index (χ1n) is 4.01. The van der Waals surface area contributed by atoms with Crippen LogP contribution in [-0.2, 0) is 5.41 Å². The third-order valence-corrected chi connectivity index (χ3v) is 1.63. The molecule has 0 saturated carbocycles. The minimum atomic E-state index is -0.0230. The van der Waals surface area contributed by atoms with Crippen molar-refractivity contribution in [1.82, 2.24) is 9.97 Å². The molecule has 12 heavy (non-hydrogen) atoms. The van der Waals surface area contributed by atoms with Gasteiger partial charge in [-0.2, -0.15) is 0 Å². The molecule has 0 bridgehead atoms. The van der Waals surface area contributed by atoms with Crippen LogP contribution in [0.15, 0.2) is 6.20 Å². The van der Waals surface area contributed by atoms with E-state index < -0.39 is 0 Å². The van der Waals surface area contributed by atoms with Gasteiger partial charge in [0.25, 0.3) is 0 Å². The summed E-state index contributed by atoms with van der Waals surface area (Å²) in [5, 5.41) is 0. The number of anilines is 1. The predicted molar refractivity (Wildman–Crippen MR) is 49.9 cm³/mol. The molecule has 0 aliphatic heterocycles. The van der Waals surface area contributed by atoms with Crippen molar-refractivity contribution in [3.05, 3.63) is 17.6 Å². The summed E-state index contributed by atoms with van der Waals surface area (Å²) in [6, 6.07) is 0. The Hall–Kier alpha value is -1.12. The van der Waals surface area contributed by atoms with Crippen molar-refractivity contribution in [2.75, 3.05) is 5.73 Å². The fourth-order valence-electron chi connectivity index (χ4n) is 1.07. The van der Waals surface area contributed by atoms with Gasteiger partial charge in [-0.25, -0.2) is 4.98 Å². The summed E-state index contributed by atoms with van der Waals surface area (Å²) in [5.74, 6) is 0.544. The lowest BCUT2D eigenvalue weighted by Crippen LogP contribution is -2.17. The average Bonchev–Trinajstić information content (AvgIpc) is 1.83. The Morgan fingerprint density at radius 1 is 1.33 bits per heavy atom. The van der Waals surface area contributed by atoms with Crippen molar-refractivity contribution in [2.24, 2.45) is 0 Å². The molecule has 0 amide bonds. The van der Waals surface area contributed by atoms with Crippen LogP contribution in [0.1, 0.15) is 32.2 Å². The van der Waals surface area contributed by atoms with Gasteiger partial charge in [-0.15, -0.1) is 0 Å². The van der Waals surface area contributed by atoms with Gasteiger partial charge >= 0.3 is 0 Å². The maximum absolute atomic E-state index is 5.73. The second-order valence-corrected chi connectivity index (χ2v) is 4.00. The summed E-state index contributed by atoms with van der Waals surface area (Å²) in [5.41, 5.74) is 7.44. The summed E-state index contributed by atoms with van der Waals surface area (Å²) >= 11 is 0. The van der Waals surface area contributed by atoms with E-state index in [1.807, 2.05) is 6.92 Å². The second-order valence-electron chi connectivity index (χ2n) is 4.00. The molecule has 0 saturated heterocycles. The molecule has 0 unspecified atom stereocenters. The standard InChI is InChI=1S/C9H15N3/c1-6-5-11-7(8(10)12-6)9(2,3)4/h5H,1-4H3,(H2,10,12). The smallest absolute Gasteiger partial charge is 0.145 e. The molecule has 0 aliphatic rings. The van der Waals surface area contributed by atoms with E-state index in [9.17, 15) is 0 Å². The largest absolute Gasteiger partial charge is 0.382 e. The number of rotatable bonds is 0. The van der Waals surface area contributed by atoms with E-state index in [0.29, 0.717) is 5.82 Å². The van der Waals surface area contributed by atoms with Crippen LogP contribution in [0, 0.1) is 6.92 Å². The molecule has 0 atom stereocenters. The number of nitrogens with zero attached hydrogens (tertiary/aromatic N) is 2. The average molecular weight is 165 g/mol. The Kier molecular flexibility index (Phi) is 2.04. The van der Waals surface area contributed by atoms with Gasteiger partial charge < -0.3 is 5.73 Å². The molecular formula is C9H15N3. The highest BCUT2D eigenvalue weighted by atomic mass is 14.9. The van der Waals surface area contributed by atoms with E-state index in [2.05, 4.69) is 30.7 Å². The van der Waals surface area contributed by atoms with Crippen LogP contribution in [0.25, 0.3) is 0 Å². The Morgan fingerprint density at radius 2 is 1.92 bits per heavy atom. The molecule has 0 spiro atoms. The lowest BCUT2D eigenvalue weighted by atomic mass is 9.92. The van der Waals surface area contributed by atoms with Gasteiger partial charge in [-0.3, -0.25) is 4.98 Å². The predicted octanol–water partition coefficient (Wildman–Crippen LogP) is 1.66. The van der Waals surface area contributed by atoms with Crippen molar-refractivity contribution < 1.29 is 0 Å². The van der Waals surface area contributed by atoms with E-state index >= 15 is 0 Å². The lowest BCUT2D eigenvalue weighted by Gasteiger charge is -2.18. The molecule has 0 fully saturated rings. The quantitative estimate of drug-likeness (QED) is 0.636. The van der Waals surface area contributed by atoms with Crippen LogP contribution in [0.2, 0.25) is 0 Å². The van der Waals surface area contributed by atoms with E-state index in [0.717, 1.165) is 11.4 Å². The Labute approximate surface area is 73.0 Å². The molecule has 0 aliphatic carbocycles. The molecule has 3 heteroatoms. The maximum atomic E-state index is 5.73. The van der Waals surface area contributed by atoms with Crippen LogP contribution < -0.4 is 5.73 Å². The number of aryl methyl sites for hydroxylation is 1. The molecule has 1 rings (SSSR count). The first-order chi connectivity index (χ1) is 5.41. The van der Waals surface area contributed by atoms with E-state index in [4.69, 9.17) is 5.73 Å². The molecule has 1 aromatic rings. The highest BCUT2D eigenvalue weighted by Gasteiger charge is 2.19. The van der Waals surface area contributed by atoms with E-state index in [-0.39, 0.29) is 5.41 Å². The number of hydrogen-bond acceptors (Lipinski definition) is 3. The second kappa shape index (κ2) is 2.73. The Bertz CT molecular complexity index is 286. The zero-order valence-corrected chi connectivity index (χ0v) is 8.05. The molecule has 2 N–H and O–H groups in total. The van der Waals surface area contributed by atoms with Crippen LogP contribution in [0.4, 0.5) is 5.82 Å². The topological polar surface area (TPSA) is 51.8 Å². The Morgan fingerprint density at radius 3 is 2.33 bits per heavy atom. The van der Waals surface area contributed by atoms with Crippen molar-refractivity contribution in [1.29, 1.82) is 0 Å². The van der Waals surface area contributed by atoms with Crippen molar-refractivity contribution >= 4 is 5.82 Å². The zero-order chi connectivity index (χ0) is 9.35. The van der Waals surface area contributed by atoms with Crippen LogP contribution >= 0.6 is 0 Å². The van der Waals surface area contributed by atoms with Gasteiger partial charge in [-0.1, -0.05) is 20.8 Å². The first-order valence-corrected chi connectivity index (χ1v) is 4.01. The number of nitrogen functional groups attached to an aromatic ring is 1. The fraction of sp³-hybridized carbons (Fsp3) is 0.556. The molecule has 0 aromatic carbocycles. The molecule has 0 radical (unpaired) electrons. The minimum absolute atomic E-state index is 0.0230. The van der Waals surface area contributed by atoms with Gasteiger partial charge in [0.1, 0.15) is 5.82 Å². The zero-order valence-electron chi connectivity index (χ0n) is 8.05. The normalized spacial score (nSPS) is 11.7. The lowest BCUT2D eigenvalue weighted by molar-refractivity contribution is 0.568. The minimum Gasteiger partial charge on any atom is -0.382 e. The number of aromatic nitrogens is 2. The Balaban J connectivity index is 3.19. The molecule has 1 aromatic heterocycles. The van der Waals surface area contributed by atoms with Crippen LogP contribution in [0.5, 0.6) is 0 Å². The van der Waals surface area contributed by atoms with Crippen molar-refractivity contribution in [3.63, 3.8) is 0 Å². The highest BCUT2D eigenvalue weighted by Crippen LogP contribution is 2.23. The highest BCUT2D eigenvalue weighted by molar-refractivity contribution is 5.38. The van der Waals surface area contributed by atoms with Gasteiger partial charge in [0, 0.05) is 11.6 Å². The molecule has 1 heterocycles. The molecule has 3 nitrogen and oxygen atoms in total. The first kappa shape index (κ1) is 8.97. The summed E-state index contributed by atoms with van der Waals surface area (Å²) in [4.78, 5) is 8.42. The van der Waals surface area contributed by atoms with Gasteiger partial charge in [-0.05, 0) is 6.92 Å². The van der Waals surface area contributed by atoms with Crippen molar-refractivity contribution in [3.8, 4) is 0 Å². The van der Waals surface area contributed by atoms with Gasteiger partial charge in [0.2, 0.25) is 0 Å². The van der Waals surface area contributed by atoms with Crippen LogP contribution in [0.3, 0.4) is 0 Å². The molecular weight excluding hydrogens is 150 g/mol. The van der Waals surface area contributed by atoms with E-state index in [1.54, 1.807) is 6.20 Å². The molecule has 66 valence electrons. The van der Waals surface area contributed by atoms with Gasteiger partial charge in [0.05, 0.1) is 11.4 Å². The summed E-state index contributed by atoms with van der Waals surface area (Å²) in [6.45, 7) is 8.10. The third-order valence-electron chi connectivity index (χ3n) is 1.63. The summed E-state index contributed by atoms with van der Waals surface area (Å²) < 4.78 is 0. The number of nitrogens with two attached hydrogens (primary N) is 1. The number of hydrogen-bond donors (Lipinski definition) is 1. The maximum Gasteiger partial charge on any atom is 0.145 e. The van der Waals surface area contributed by atoms with Crippen LogP contribution in [-0.4, -0.2) is 9.97 Å². The van der Waals surface area contributed by atoms with Gasteiger partial charge in [0.15, 0.2) is 0 Å². The monoisotopic (exact) mass is 165 g/mol. The SMILES string of the molecule is Cc1cnc(C(C)(C)C)c(N)n1. The third kappa shape index (κ3) is 1.72.